The van der Waals surface area contributed by atoms with E-state index in [0.29, 0.717) is 0 Å². The summed E-state index contributed by atoms with van der Waals surface area (Å²) in [4.78, 5) is 16.3. The van der Waals surface area contributed by atoms with Crippen molar-refractivity contribution < 1.29 is 26.7 Å². The fourth-order valence-electron chi connectivity index (χ4n) is 3.45. The van der Waals surface area contributed by atoms with E-state index < -0.39 is 31.8 Å². The maximum Gasteiger partial charge on any atom is 0.501 e. The number of para-hydroxylation sites is 1. The van der Waals surface area contributed by atoms with Gasteiger partial charge in [-0.05, 0) is 48.4 Å². The van der Waals surface area contributed by atoms with E-state index in [4.69, 9.17) is 0 Å². The van der Waals surface area contributed by atoms with Gasteiger partial charge >= 0.3 is 11.2 Å². The zero-order valence-electron chi connectivity index (χ0n) is 16.5. The predicted molar refractivity (Wildman–Crippen MR) is 111 cm³/mol. The highest BCUT2D eigenvalue weighted by atomic mass is 32.2. The molecule has 0 unspecified atom stereocenters. The van der Waals surface area contributed by atoms with E-state index in [-0.39, 0.29) is 12.2 Å². The highest BCUT2D eigenvalue weighted by Gasteiger charge is 2.46. The van der Waals surface area contributed by atoms with Gasteiger partial charge in [-0.2, -0.15) is 13.2 Å². The monoisotopic (exact) mass is 463 g/mol. The lowest BCUT2D eigenvalue weighted by molar-refractivity contribution is -0.0436. The topological polar surface area (TPSA) is 94.2 Å². The van der Waals surface area contributed by atoms with Crippen molar-refractivity contribution in [2.75, 3.05) is 0 Å². The third-order valence-corrected chi connectivity index (χ3v) is 6.55. The molecule has 1 N–H and O–H groups in total. The Morgan fingerprint density at radius 1 is 1.06 bits per heavy atom. The summed E-state index contributed by atoms with van der Waals surface area (Å²) in [6.45, 7) is 2.03. The average Bonchev–Trinajstić information content (AvgIpc) is 3.01. The lowest BCUT2D eigenvalue weighted by atomic mass is 10.1. The fraction of sp³-hybridized carbons (Fsp3) is 0.143. The third-order valence-electron chi connectivity index (χ3n) is 5.05. The van der Waals surface area contributed by atoms with Crippen LogP contribution in [0.2, 0.25) is 0 Å². The largest absolute Gasteiger partial charge is 0.501 e. The second kappa shape index (κ2) is 7.52. The van der Waals surface area contributed by atoms with Crippen molar-refractivity contribution in [1.29, 1.82) is 0 Å². The van der Waals surface area contributed by atoms with Gasteiger partial charge in [-0.1, -0.05) is 18.2 Å². The molecular formula is C21H16F3N3O4S. The molecule has 32 heavy (non-hydrogen) atoms. The van der Waals surface area contributed by atoms with Crippen molar-refractivity contribution in [2.45, 2.75) is 23.9 Å². The lowest BCUT2D eigenvalue weighted by Crippen LogP contribution is -2.24. The molecule has 0 spiro atoms. The Labute approximate surface area is 179 Å². The molecule has 4 aromatic rings. The Bertz CT molecular complexity index is 1490. The first-order valence-electron chi connectivity index (χ1n) is 9.27. The van der Waals surface area contributed by atoms with Crippen LogP contribution >= 0.6 is 0 Å². The molecule has 7 nitrogen and oxygen atoms in total. The highest BCUT2D eigenvalue weighted by Crippen LogP contribution is 2.31. The van der Waals surface area contributed by atoms with Crippen LogP contribution in [0, 0.1) is 6.92 Å². The van der Waals surface area contributed by atoms with Gasteiger partial charge in [0.25, 0.3) is 9.84 Å². The van der Waals surface area contributed by atoms with Crippen LogP contribution in [0.5, 0.6) is 5.88 Å². The second-order valence-corrected chi connectivity index (χ2v) is 9.06. The molecule has 0 fully saturated rings. The Kier molecular flexibility index (Phi) is 5.08. The number of alkyl halides is 3. The molecular weight excluding hydrogens is 447 g/mol. The van der Waals surface area contributed by atoms with Gasteiger partial charge in [0.2, 0.25) is 5.88 Å². The number of imidazole rings is 1. The summed E-state index contributed by atoms with van der Waals surface area (Å²) in [7, 11) is -5.52. The number of pyridine rings is 1. The molecule has 166 valence electrons. The quantitative estimate of drug-likeness (QED) is 0.500. The Hall–Kier alpha value is -3.60. The molecule has 0 aliphatic heterocycles. The van der Waals surface area contributed by atoms with Gasteiger partial charge in [0.15, 0.2) is 0 Å². The van der Waals surface area contributed by atoms with E-state index in [0.717, 1.165) is 50.9 Å². The highest BCUT2D eigenvalue weighted by molar-refractivity contribution is 7.92. The minimum atomic E-state index is -5.52. The van der Waals surface area contributed by atoms with Crippen molar-refractivity contribution in [3.63, 3.8) is 0 Å². The van der Waals surface area contributed by atoms with Crippen LogP contribution in [0.3, 0.4) is 0 Å². The number of rotatable bonds is 4. The number of hydrogen-bond donors (Lipinski definition) is 1. The van der Waals surface area contributed by atoms with Crippen molar-refractivity contribution >= 4 is 20.7 Å². The molecule has 2 aromatic heterocycles. The Morgan fingerprint density at radius 3 is 2.41 bits per heavy atom. The average molecular weight is 463 g/mol. The third kappa shape index (κ3) is 3.54. The normalized spacial score (nSPS) is 12.4. The zero-order chi connectivity index (χ0) is 23.3. The SMILES string of the molecule is Cc1cccc2c(Cn3cc(O)n(-c4ccc(S(=O)(=O)C(F)(F)F)cc4)c3=O)ccnc12. The summed E-state index contributed by atoms with van der Waals surface area (Å²) in [5, 5.41) is 11.1. The summed E-state index contributed by atoms with van der Waals surface area (Å²) in [5.74, 6) is -0.448. The molecule has 0 aliphatic rings. The van der Waals surface area contributed by atoms with E-state index in [1.54, 1.807) is 12.3 Å². The Morgan fingerprint density at radius 2 is 1.75 bits per heavy atom. The van der Waals surface area contributed by atoms with Crippen LogP contribution in [-0.2, 0) is 16.4 Å². The maximum atomic E-state index is 12.9. The molecule has 0 bridgehead atoms. The number of benzene rings is 2. The van der Waals surface area contributed by atoms with Crippen molar-refractivity contribution in [1.82, 2.24) is 14.1 Å². The van der Waals surface area contributed by atoms with E-state index in [2.05, 4.69) is 4.98 Å². The molecule has 2 heterocycles. The van der Waals surface area contributed by atoms with Gasteiger partial charge in [0, 0.05) is 11.6 Å². The summed E-state index contributed by atoms with van der Waals surface area (Å²) >= 11 is 0. The molecule has 11 heteroatoms. The van der Waals surface area contributed by atoms with Crippen LogP contribution < -0.4 is 5.69 Å². The van der Waals surface area contributed by atoms with Crippen molar-refractivity contribution in [2.24, 2.45) is 0 Å². The molecule has 4 rings (SSSR count). The van der Waals surface area contributed by atoms with E-state index >= 15 is 0 Å². The van der Waals surface area contributed by atoms with Gasteiger partial charge in [0.05, 0.1) is 28.8 Å². The van der Waals surface area contributed by atoms with Crippen LogP contribution in [0.4, 0.5) is 13.2 Å². The second-order valence-electron chi connectivity index (χ2n) is 7.12. The smallest absolute Gasteiger partial charge is 0.493 e. The van der Waals surface area contributed by atoms with Crippen molar-refractivity contribution in [3.8, 4) is 11.6 Å². The number of sulfone groups is 1. The number of nitrogens with zero attached hydrogens (tertiary/aromatic N) is 3. The number of aromatic hydroxyl groups is 1. The van der Waals surface area contributed by atoms with Gasteiger partial charge < -0.3 is 5.11 Å². The first-order valence-corrected chi connectivity index (χ1v) is 10.7. The molecule has 0 atom stereocenters. The lowest BCUT2D eigenvalue weighted by Gasteiger charge is -2.09. The minimum Gasteiger partial charge on any atom is -0.493 e. The standard InChI is InChI=1S/C21H16F3N3O4S/c1-13-3-2-4-17-14(9-10-25-19(13)17)11-26-12-18(28)27(20(26)29)15-5-7-16(8-6-15)32(30,31)21(22,23)24/h2-10,12,28H,11H2,1H3. The first-order chi connectivity index (χ1) is 15.0. The van der Waals surface area contributed by atoms with Gasteiger partial charge in [-0.3, -0.25) is 9.55 Å². The molecule has 0 aliphatic carbocycles. The van der Waals surface area contributed by atoms with E-state index in [1.807, 2.05) is 25.1 Å². The summed E-state index contributed by atoms with van der Waals surface area (Å²) in [6, 6.07) is 10.9. The Balaban J connectivity index is 1.72. The number of halogens is 3. The predicted octanol–water partition coefficient (Wildman–Crippen LogP) is 3.54. The maximum absolute atomic E-state index is 12.9. The number of hydrogen-bond acceptors (Lipinski definition) is 5. The fourth-order valence-corrected chi connectivity index (χ4v) is 4.21. The van der Waals surface area contributed by atoms with E-state index in [1.165, 1.54) is 10.8 Å². The van der Waals surface area contributed by atoms with Crippen molar-refractivity contribution in [3.05, 3.63) is 82.5 Å². The van der Waals surface area contributed by atoms with E-state index in [9.17, 15) is 31.5 Å². The van der Waals surface area contributed by atoms with Gasteiger partial charge in [-0.25, -0.2) is 17.8 Å². The molecule has 0 saturated heterocycles. The number of aryl methyl sites for hydroxylation is 1. The summed E-state index contributed by atoms with van der Waals surface area (Å²) < 4.78 is 63.3. The van der Waals surface area contributed by atoms with Crippen LogP contribution in [0.25, 0.3) is 16.6 Å². The zero-order valence-corrected chi connectivity index (χ0v) is 17.4. The number of aromatic nitrogens is 3. The van der Waals surface area contributed by atoms with Crippen LogP contribution in [0.1, 0.15) is 11.1 Å². The van der Waals surface area contributed by atoms with Crippen LogP contribution in [-0.4, -0.2) is 33.2 Å². The molecule has 0 saturated carbocycles. The van der Waals surface area contributed by atoms with Gasteiger partial charge in [0.1, 0.15) is 0 Å². The molecule has 2 aromatic carbocycles. The van der Waals surface area contributed by atoms with Crippen LogP contribution in [0.15, 0.2) is 70.6 Å². The summed E-state index contributed by atoms with van der Waals surface area (Å²) in [6.07, 6.45) is 2.82. The molecule has 0 amide bonds. The number of fused-ring (bicyclic) bond motifs is 1. The molecule has 0 radical (unpaired) electrons. The van der Waals surface area contributed by atoms with Gasteiger partial charge in [-0.15, -0.1) is 0 Å². The summed E-state index contributed by atoms with van der Waals surface area (Å²) in [5.41, 5.74) is -3.55. The minimum absolute atomic E-state index is 0.0165. The first kappa shape index (κ1) is 21.6.